The Bertz CT molecular complexity index is 730. The van der Waals surface area contributed by atoms with Crippen molar-refractivity contribution >= 4 is 17.3 Å². The molecular formula is C16H19N5. The van der Waals surface area contributed by atoms with Crippen LogP contribution in [0.1, 0.15) is 18.1 Å². The molecule has 5 heteroatoms. The minimum Gasteiger partial charge on any atom is -0.369 e. The minimum atomic E-state index is 0.728. The lowest BCUT2D eigenvalue weighted by atomic mass is 10.1. The number of nitrogens with one attached hydrogen (secondary N) is 2. The van der Waals surface area contributed by atoms with Crippen molar-refractivity contribution in [1.82, 2.24) is 14.4 Å². The Morgan fingerprint density at radius 3 is 2.71 bits per heavy atom. The van der Waals surface area contributed by atoms with Crippen LogP contribution in [0.5, 0.6) is 0 Å². The summed E-state index contributed by atoms with van der Waals surface area (Å²) < 4.78 is 1.97. The maximum Gasteiger partial charge on any atom is 0.180 e. The Morgan fingerprint density at radius 1 is 1.14 bits per heavy atom. The highest BCUT2D eigenvalue weighted by atomic mass is 15.1. The third-order valence-corrected chi connectivity index (χ3v) is 3.31. The van der Waals surface area contributed by atoms with Crippen molar-refractivity contribution in [2.45, 2.75) is 20.4 Å². The largest absolute Gasteiger partial charge is 0.369 e. The van der Waals surface area contributed by atoms with Gasteiger partial charge in [-0.1, -0.05) is 29.8 Å². The summed E-state index contributed by atoms with van der Waals surface area (Å²) in [7, 11) is 0. The lowest BCUT2D eigenvalue weighted by Gasteiger charge is -2.10. The normalized spacial score (nSPS) is 10.8. The smallest absolute Gasteiger partial charge is 0.180 e. The average Bonchev–Trinajstić information content (AvgIpc) is 2.95. The van der Waals surface area contributed by atoms with Crippen LogP contribution < -0.4 is 10.6 Å². The van der Waals surface area contributed by atoms with Crippen LogP contribution in [0.15, 0.2) is 42.9 Å². The molecule has 0 bridgehead atoms. The van der Waals surface area contributed by atoms with E-state index in [1.165, 1.54) is 11.1 Å². The van der Waals surface area contributed by atoms with Crippen LogP contribution in [-0.2, 0) is 6.54 Å². The standard InChI is InChI=1S/C16H19N5/c1-3-17-14-11-21-9-8-18-16(21)15(20-14)19-10-13-6-4-12(2)5-7-13/h4-9,11,17H,3,10H2,1-2H3,(H,19,20). The van der Waals surface area contributed by atoms with Crippen molar-refractivity contribution in [2.75, 3.05) is 17.2 Å². The van der Waals surface area contributed by atoms with Crippen LogP contribution in [0.3, 0.4) is 0 Å². The van der Waals surface area contributed by atoms with E-state index >= 15 is 0 Å². The minimum absolute atomic E-state index is 0.728. The highest BCUT2D eigenvalue weighted by Crippen LogP contribution is 2.17. The summed E-state index contributed by atoms with van der Waals surface area (Å²) in [6.45, 7) is 5.71. The van der Waals surface area contributed by atoms with Gasteiger partial charge < -0.3 is 15.0 Å². The van der Waals surface area contributed by atoms with Crippen LogP contribution >= 0.6 is 0 Å². The molecule has 2 aromatic heterocycles. The Morgan fingerprint density at radius 2 is 1.95 bits per heavy atom. The first-order valence-corrected chi connectivity index (χ1v) is 7.13. The molecule has 0 radical (unpaired) electrons. The first-order valence-electron chi connectivity index (χ1n) is 7.13. The van der Waals surface area contributed by atoms with E-state index in [1.807, 2.05) is 16.8 Å². The first kappa shape index (κ1) is 13.4. The first-order chi connectivity index (χ1) is 10.3. The van der Waals surface area contributed by atoms with Gasteiger partial charge in [0.15, 0.2) is 11.5 Å². The van der Waals surface area contributed by atoms with E-state index in [0.29, 0.717) is 0 Å². The molecule has 1 aromatic carbocycles. The lowest BCUT2D eigenvalue weighted by Crippen LogP contribution is -2.07. The summed E-state index contributed by atoms with van der Waals surface area (Å²) in [5.41, 5.74) is 3.33. The molecule has 0 unspecified atom stereocenters. The quantitative estimate of drug-likeness (QED) is 0.754. The molecular weight excluding hydrogens is 262 g/mol. The fraction of sp³-hybridized carbons (Fsp3) is 0.250. The van der Waals surface area contributed by atoms with E-state index in [-0.39, 0.29) is 0 Å². The summed E-state index contributed by atoms with van der Waals surface area (Å²) in [5.74, 6) is 1.63. The van der Waals surface area contributed by atoms with Gasteiger partial charge in [0.05, 0.1) is 6.20 Å². The van der Waals surface area contributed by atoms with Gasteiger partial charge in [-0.3, -0.25) is 0 Å². The molecule has 3 rings (SSSR count). The monoisotopic (exact) mass is 281 g/mol. The molecule has 0 aliphatic carbocycles. The van der Waals surface area contributed by atoms with E-state index in [1.54, 1.807) is 6.20 Å². The molecule has 0 aliphatic rings. The van der Waals surface area contributed by atoms with E-state index in [4.69, 9.17) is 0 Å². The predicted octanol–water partition coefficient (Wildman–Crippen LogP) is 3.08. The van der Waals surface area contributed by atoms with Crippen LogP contribution in [-0.4, -0.2) is 20.9 Å². The number of nitrogens with zero attached hydrogens (tertiary/aromatic N) is 3. The average molecular weight is 281 g/mol. The van der Waals surface area contributed by atoms with Crippen molar-refractivity contribution in [3.05, 3.63) is 54.0 Å². The Hall–Kier alpha value is -2.56. The predicted molar refractivity (Wildman–Crippen MR) is 85.7 cm³/mol. The molecule has 108 valence electrons. The van der Waals surface area contributed by atoms with Crippen molar-refractivity contribution in [3.63, 3.8) is 0 Å². The molecule has 0 amide bonds. The highest BCUT2D eigenvalue weighted by molar-refractivity contribution is 5.65. The Kier molecular flexibility index (Phi) is 3.73. The van der Waals surface area contributed by atoms with Gasteiger partial charge >= 0.3 is 0 Å². The molecule has 3 aromatic rings. The number of imidazole rings is 1. The van der Waals surface area contributed by atoms with E-state index < -0.39 is 0 Å². The third-order valence-electron chi connectivity index (χ3n) is 3.31. The zero-order valence-electron chi connectivity index (χ0n) is 12.3. The second-order valence-corrected chi connectivity index (χ2v) is 5.00. The lowest BCUT2D eigenvalue weighted by molar-refractivity contribution is 1.05. The molecule has 21 heavy (non-hydrogen) atoms. The SMILES string of the molecule is CCNc1cn2ccnc2c(NCc2ccc(C)cc2)n1. The molecule has 0 saturated heterocycles. The fourth-order valence-corrected chi connectivity index (χ4v) is 2.21. The molecule has 0 aliphatic heterocycles. The van der Waals surface area contributed by atoms with Gasteiger partial charge in [-0.15, -0.1) is 0 Å². The molecule has 5 nitrogen and oxygen atoms in total. The number of aryl methyl sites for hydroxylation is 1. The van der Waals surface area contributed by atoms with Gasteiger partial charge in [0.2, 0.25) is 0 Å². The third kappa shape index (κ3) is 2.97. The van der Waals surface area contributed by atoms with E-state index in [0.717, 1.165) is 30.4 Å². The molecule has 0 spiro atoms. The van der Waals surface area contributed by atoms with Gasteiger partial charge in [-0.2, -0.15) is 0 Å². The molecule has 0 saturated carbocycles. The maximum absolute atomic E-state index is 4.59. The molecule has 2 N–H and O–H groups in total. The van der Waals surface area contributed by atoms with E-state index in [9.17, 15) is 0 Å². The van der Waals surface area contributed by atoms with Gasteiger partial charge in [0.1, 0.15) is 5.82 Å². The second-order valence-electron chi connectivity index (χ2n) is 5.00. The molecule has 0 fully saturated rings. The summed E-state index contributed by atoms with van der Waals surface area (Å²) >= 11 is 0. The van der Waals surface area contributed by atoms with Crippen molar-refractivity contribution in [1.29, 1.82) is 0 Å². The summed E-state index contributed by atoms with van der Waals surface area (Å²) in [4.78, 5) is 8.95. The van der Waals surface area contributed by atoms with Crippen molar-refractivity contribution in [2.24, 2.45) is 0 Å². The second kappa shape index (κ2) is 5.83. The number of aromatic nitrogens is 3. The Balaban J connectivity index is 1.84. The number of hydrogen-bond acceptors (Lipinski definition) is 4. The Labute approximate surface area is 124 Å². The number of rotatable bonds is 5. The number of fused-ring (bicyclic) bond motifs is 1. The van der Waals surface area contributed by atoms with Crippen LogP contribution in [0, 0.1) is 6.92 Å². The fourth-order valence-electron chi connectivity index (χ4n) is 2.21. The topological polar surface area (TPSA) is 54.2 Å². The van der Waals surface area contributed by atoms with Crippen molar-refractivity contribution < 1.29 is 0 Å². The van der Waals surface area contributed by atoms with Crippen LogP contribution in [0.25, 0.3) is 5.65 Å². The summed E-state index contributed by atoms with van der Waals surface area (Å²) in [5, 5.41) is 6.61. The zero-order valence-corrected chi connectivity index (χ0v) is 12.3. The highest BCUT2D eigenvalue weighted by Gasteiger charge is 2.07. The van der Waals surface area contributed by atoms with Gasteiger partial charge in [0.25, 0.3) is 0 Å². The number of benzene rings is 1. The van der Waals surface area contributed by atoms with Gasteiger partial charge in [-0.05, 0) is 19.4 Å². The van der Waals surface area contributed by atoms with Gasteiger partial charge in [-0.25, -0.2) is 9.97 Å². The van der Waals surface area contributed by atoms with Crippen LogP contribution in [0.2, 0.25) is 0 Å². The summed E-state index contributed by atoms with van der Waals surface area (Å²) in [6.07, 6.45) is 5.65. The number of anilines is 2. The molecule has 0 atom stereocenters. The van der Waals surface area contributed by atoms with Crippen LogP contribution in [0.4, 0.5) is 11.6 Å². The van der Waals surface area contributed by atoms with Crippen molar-refractivity contribution in [3.8, 4) is 0 Å². The summed E-state index contributed by atoms with van der Waals surface area (Å²) in [6, 6.07) is 8.48. The van der Waals surface area contributed by atoms with Gasteiger partial charge in [0, 0.05) is 25.5 Å². The van der Waals surface area contributed by atoms with E-state index in [2.05, 4.69) is 58.7 Å². The molecule has 2 heterocycles. The maximum atomic E-state index is 4.59. The zero-order chi connectivity index (χ0) is 14.7. The number of hydrogen-bond donors (Lipinski definition) is 2.